The van der Waals surface area contributed by atoms with E-state index in [1.807, 2.05) is 0 Å². The van der Waals surface area contributed by atoms with E-state index < -0.39 is 0 Å². The van der Waals surface area contributed by atoms with Crippen LogP contribution in [0.15, 0.2) is 4.60 Å². The van der Waals surface area contributed by atoms with Crippen LogP contribution in [0.2, 0.25) is 0 Å². The Morgan fingerprint density at radius 3 is 3.15 bits per heavy atom. The van der Waals surface area contributed by atoms with E-state index in [2.05, 4.69) is 32.4 Å². The van der Waals surface area contributed by atoms with E-state index in [4.69, 9.17) is 5.73 Å². The fourth-order valence-electron chi connectivity index (χ4n) is 1.90. The van der Waals surface area contributed by atoms with Gasteiger partial charge in [0.05, 0.1) is 12.2 Å². The van der Waals surface area contributed by atoms with Crippen LogP contribution in [0, 0.1) is 5.92 Å². The molecule has 0 saturated heterocycles. The van der Waals surface area contributed by atoms with Gasteiger partial charge < -0.3 is 10.3 Å². The van der Waals surface area contributed by atoms with Crippen molar-refractivity contribution >= 4 is 15.9 Å². The van der Waals surface area contributed by atoms with Crippen LogP contribution in [0.25, 0.3) is 0 Å². The van der Waals surface area contributed by atoms with Crippen LogP contribution in [-0.2, 0) is 19.5 Å². The van der Waals surface area contributed by atoms with Crippen molar-refractivity contribution in [2.45, 2.75) is 32.9 Å². The number of aromatic nitrogens is 2. The zero-order valence-electron chi connectivity index (χ0n) is 7.76. The van der Waals surface area contributed by atoms with Crippen LogP contribution in [0.5, 0.6) is 0 Å². The Bertz CT molecular complexity index is 319. The minimum atomic E-state index is 0.533. The molecule has 1 aromatic heterocycles. The van der Waals surface area contributed by atoms with E-state index in [0.29, 0.717) is 6.54 Å². The third kappa shape index (κ3) is 1.53. The van der Waals surface area contributed by atoms with Crippen molar-refractivity contribution in [2.75, 3.05) is 0 Å². The largest absolute Gasteiger partial charge is 0.330 e. The molecular weight excluding hydrogens is 230 g/mol. The Labute approximate surface area is 86.5 Å². The van der Waals surface area contributed by atoms with Crippen molar-refractivity contribution in [3.05, 3.63) is 16.1 Å². The first kappa shape index (κ1) is 9.21. The summed E-state index contributed by atoms with van der Waals surface area (Å²) < 4.78 is 3.25. The number of nitrogens with zero attached hydrogens (tertiary/aromatic N) is 2. The monoisotopic (exact) mass is 243 g/mol. The van der Waals surface area contributed by atoms with Gasteiger partial charge in [0.25, 0.3) is 0 Å². The molecule has 1 aliphatic heterocycles. The zero-order valence-corrected chi connectivity index (χ0v) is 9.34. The van der Waals surface area contributed by atoms with Gasteiger partial charge >= 0.3 is 0 Å². The molecule has 0 bridgehead atoms. The second-order valence-corrected chi connectivity index (χ2v) is 4.48. The molecule has 4 heteroatoms. The molecule has 0 radical (unpaired) electrons. The van der Waals surface area contributed by atoms with Crippen molar-refractivity contribution in [3.8, 4) is 0 Å². The molecule has 2 heterocycles. The molecule has 2 N–H and O–H groups in total. The minimum absolute atomic E-state index is 0.533. The molecule has 13 heavy (non-hydrogen) atoms. The molecule has 72 valence electrons. The molecular formula is C9H14BrN3. The lowest BCUT2D eigenvalue weighted by Gasteiger charge is -2.22. The Hall–Kier alpha value is -0.350. The van der Waals surface area contributed by atoms with Crippen molar-refractivity contribution in [3.63, 3.8) is 0 Å². The number of rotatable bonds is 1. The first-order valence-electron chi connectivity index (χ1n) is 4.66. The second-order valence-electron chi connectivity index (χ2n) is 3.72. The summed E-state index contributed by atoms with van der Waals surface area (Å²) in [6.45, 7) is 3.88. The highest BCUT2D eigenvalue weighted by molar-refractivity contribution is 9.10. The summed E-state index contributed by atoms with van der Waals surface area (Å²) in [5.74, 6) is 1.76. The zero-order chi connectivity index (χ0) is 9.42. The number of imidazole rings is 1. The van der Waals surface area contributed by atoms with Crippen molar-refractivity contribution < 1.29 is 0 Å². The smallest absolute Gasteiger partial charge is 0.127 e. The van der Waals surface area contributed by atoms with Gasteiger partial charge in [-0.2, -0.15) is 0 Å². The molecule has 0 amide bonds. The van der Waals surface area contributed by atoms with E-state index in [1.165, 1.54) is 12.1 Å². The number of halogens is 1. The highest BCUT2D eigenvalue weighted by Crippen LogP contribution is 2.27. The Balaban J connectivity index is 2.43. The van der Waals surface area contributed by atoms with E-state index in [1.54, 1.807) is 0 Å². The van der Waals surface area contributed by atoms with Gasteiger partial charge in [0.1, 0.15) is 10.4 Å². The van der Waals surface area contributed by atoms with Crippen LogP contribution >= 0.6 is 15.9 Å². The highest BCUT2D eigenvalue weighted by atomic mass is 79.9. The summed E-state index contributed by atoms with van der Waals surface area (Å²) in [5.41, 5.74) is 6.95. The van der Waals surface area contributed by atoms with Crippen molar-refractivity contribution in [1.29, 1.82) is 0 Å². The molecule has 1 aromatic rings. The summed E-state index contributed by atoms with van der Waals surface area (Å²) in [6, 6.07) is 0. The summed E-state index contributed by atoms with van der Waals surface area (Å²) in [4.78, 5) is 4.40. The normalized spacial score (nSPS) is 21.6. The Kier molecular flexibility index (Phi) is 2.43. The third-order valence-electron chi connectivity index (χ3n) is 2.65. The van der Waals surface area contributed by atoms with Crippen molar-refractivity contribution in [2.24, 2.45) is 11.7 Å². The van der Waals surface area contributed by atoms with E-state index in [0.717, 1.165) is 29.3 Å². The maximum atomic E-state index is 5.63. The Morgan fingerprint density at radius 2 is 2.46 bits per heavy atom. The first-order chi connectivity index (χ1) is 6.22. The fraction of sp³-hybridized carbons (Fsp3) is 0.667. The van der Waals surface area contributed by atoms with E-state index >= 15 is 0 Å². The van der Waals surface area contributed by atoms with Gasteiger partial charge in [-0.1, -0.05) is 6.92 Å². The van der Waals surface area contributed by atoms with Crippen LogP contribution in [0.1, 0.15) is 24.9 Å². The summed E-state index contributed by atoms with van der Waals surface area (Å²) in [7, 11) is 0. The van der Waals surface area contributed by atoms with Crippen LogP contribution in [0.4, 0.5) is 0 Å². The van der Waals surface area contributed by atoms with Gasteiger partial charge in [0.2, 0.25) is 0 Å². The lowest BCUT2D eigenvalue weighted by atomic mass is 10.0. The maximum Gasteiger partial charge on any atom is 0.127 e. The van der Waals surface area contributed by atoms with Gasteiger partial charge in [0, 0.05) is 6.54 Å². The molecule has 1 unspecified atom stereocenters. The summed E-state index contributed by atoms with van der Waals surface area (Å²) in [6.07, 6.45) is 2.38. The van der Waals surface area contributed by atoms with Gasteiger partial charge in [-0.05, 0) is 34.7 Å². The molecule has 0 spiro atoms. The predicted octanol–water partition coefficient (Wildman–Crippen LogP) is 1.69. The molecule has 2 rings (SSSR count). The molecule has 0 aromatic carbocycles. The van der Waals surface area contributed by atoms with E-state index in [-0.39, 0.29) is 0 Å². The molecule has 1 atom stereocenters. The molecule has 0 aliphatic carbocycles. The van der Waals surface area contributed by atoms with Gasteiger partial charge in [-0.25, -0.2) is 4.98 Å². The highest BCUT2D eigenvalue weighted by Gasteiger charge is 2.20. The molecule has 0 fully saturated rings. The van der Waals surface area contributed by atoms with E-state index in [9.17, 15) is 0 Å². The number of fused-ring (bicyclic) bond motifs is 1. The van der Waals surface area contributed by atoms with Crippen LogP contribution in [0.3, 0.4) is 0 Å². The van der Waals surface area contributed by atoms with Gasteiger partial charge in [-0.15, -0.1) is 0 Å². The lowest BCUT2D eigenvalue weighted by molar-refractivity contribution is 0.390. The average molecular weight is 244 g/mol. The third-order valence-corrected chi connectivity index (χ3v) is 3.29. The predicted molar refractivity (Wildman–Crippen MR) is 55.3 cm³/mol. The topological polar surface area (TPSA) is 43.8 Å². The van der Waals surface area contributed by atoms with Crippen molar-refractivity contribution in [1.82, 2.24) is 9.55 Å². The fourth-order valence-corrected chi connectivity index (χ4v) is 2.52. The quantitative estimate of drug-likeness (QED) is 0.816. The first-order valence-corrected chi connectivity index (χ1v) is 5.45. The summed E-state index contributed by atoms with van der Waals surface area (Å²) >= 11 is 3.48. The minimum Gasteiger partial charge on any atom is -0.330 e. The van der Waals surface area contributed by atoms with Crippen LogP contribution in [-0.4, -0.2) is 9.55 Å². The molecule has 0 saturated carbocycles. The standard InChI is InChI=1S/C9H14BrN3/c1-6-2-3-7-9(10)12-8(4-11)13(7)5-6/h6H,2-5,11H2,1H3. The van der Waals surface area contributed by atoms with Gasteiger partial charge in [0.15, 0.2) is 0 Å². The number of nitrogens with two attached hydrogens (primary N) is 1. The number of hydrogen-bond acceptors (Lipinski definition) is 2. The molecule has 3 nitrogen and oxygen atoms in total. The van der Waals surface area contributed by atoms with Gasteiger partial charge in [-0.3, -0.25) is 0 Å². The Morgan fingerprint density at radius 1 is 1.69 bits per heavy atom. The maximum absolute atomic E-state index is 5.63. The number of hydrogen-bond donors (Lipinski definition) is 1. The van der Waals surface area contributed by atoms with Crippen LogP contribution < -0.4 is 5.73 Å². The second kappa shape index (κ2) is 3.42. The summed E-state index contributed by atoms with van der Waals surface area (Å²) in [5, 5.41) is 0. The lowest BCUT2D eigenvalue weighted by Crippen LogP contribution is -2.20. The molecule has 1 aliphatic rings. The SMILES string of the molecule is CC1CCc2c(Br)nc(CN)n2C1. The average Bonchev–Trinajstić information content (AvgIpc) is 2.42.